The van der Waals surface area contributed by atoms with E-state index in [1.165, 1.54) is 74.5 Å². The van der Waals surface area contributed by atoms with Crippen LogP contribution < -0.4 is 5.32 Å². The van der Waals surface area contributed by atoms with Gasteiger partial charge in [0.2, 0.25) is 0 Å². The predicted octanol–water partition coefficient (Wildman–Crippen LogP) is 4.97. The first-order valence-electron chi connectivity index (χ1n) is 9.73. The Hall–Kier alpha value is -1.31. The number of amides is 1. The fourth-order valence-corrected chi connectivity index (χ4v) is 4.14. The first-order valence-corrected chi connectivity index (χ1v) is 9.73. The Kier molecular flexibility index (Phi) is 5.75. The number of fused-ring (bicyclic) bond motifs is 2. The molecule has 2 aliphatic rings. The van der Waals surface area contributed by atoms with Gasteiger partial charge in [0.1, 0.15) is 0 Å². The number of hydrogen-bond acceptors (Lipinski definition) is 1. The van der Waals surface area contributed by atoms with Crippen molar-refractivity contribution in [3.8, 4) is 0 Å². The van der Waals surface area contributed by atoms with Gasteiger partial charge in [-0.3, -0.25) is 4.79 Å². The molecule has 1 aromatic rings. The largest absolute Gasteiger partial charge is 0.349 e. The number of hydrogen-bond donors (Lipinski definition) is 1. The van der Waals surface area contributed by atoms with Crippen molar-refractivity contribution in [2.45, 2.75) is 90.0 Å². The lowest BCUT2D eigenvalue weighted by atomic mass is 9.84. The first-order chi connectivity index (χ1) is 11.3. The smallest absolute Gasteiger partial charge is 0.251 e. The molecule has 2 nitrogen and oxygen atoms in total. The van der Waals surface area contributed by atoms with Gasteiger partial charge in [0.25, 0.3) is 5.91 Å². The molecular formula is C21H31NO. The van der Waals surface area contributed by atoms with E-state index in [0.29, 0.717) is 6.04 Å². The van der Waals surface area contributed by atoms with E-state index in [4.69, 9.17) is 0 Å². The second-order valence-electron chi connectivity index (χ2n) is 7.42. The van der Waals surface area contributed by atoms with Crippen LogP contribution in [0, 0.1) is 0 Å². The predicted molar refractivity (Wildman–Crippen MR) is 96.0 cm³/mol. The lowest BCUT2D eigenvalue weighted by molar-refractivity contribution is 0.0922. The Bertz CT molecular complexity index is 549. The van der Waals surface area contributed by atoms with E-state index in [1.807, 2.05) is 0 Å². The lowest BCUT2D eigenvalue weighted by Gasteiger charge is -2.28. The average molecular weight is 313 g/mol. The van der Waals surface area contributed by atoms with Crippen LogP contribution in [0.5, 0.6) is 0 Å². The van der Waals surface area contributed by atoms with Gasteiger partial charge in [-0.15, -0.1) is 0 Å². The van der Waals surface area contributed by atoms with Crippen LogP contribution in [0.15, 0.2) is 12.1 Å². The van der Waals surface area contributed by atoms with Crippen molar-refractivity contribution in [2.75, 3.05) is 0 Å². The summed E-state index contributed by atoms with van der Waals surface area (Å²) in [5.74, 6) is 0.163. The highest BCUT2D eigenvalue weighted by molar-refractivity contribution is 5.97. The molecule has 0 aromatic heterocycles. The molecule has 1 unspecified atom stereocenters. The minimum atomic E-state index is 0.163. The fourth-order valence-electron chi connectivity index (χ4n) is 4.14. The summed E-state index contributed by atoms with van der Waals surface area (Å²) >= 11 is 0. The highest BCUT2D eigenvalue weighted by Crippen LogP contribution is 2.28. The highest BCUT2D eigenvalue weighted by Gasteiger charge is 2.25. The SMILES string of the molecule is CCCCCCCCC1Cc2cc3c(cc2C(=O)N1)CCCC3. The highest BCUT2D eigenvalue weighted by atomic mass is 16.1. The summed E-state index contributed by atoms with van der Waals surface area (Å²) in [5.41, 5.74) is 5.16. The van der Waals surface area contributed by atoms with Crippen LogP contribution in [0.2, 0.25) is 0 Å². The Morgan fingerprint density at radius 2 is 1.65 bits per heavy atom. The molecule has 0 bridgehead atoms. The van der Waals surface area contributed by atoms with Gasteiger partial charge in [0, 0.05) is 11.6 Å². The molecule has 1 aliphatic carbocycles. The zero-order valence-electron chi connectivity index (χ0n) is 14.6. The van der Waals surface area contributed by atoms with Gasteiger partial charge in [-0.2, -0.15) is 0 Å². The zero-order chi connectivity index (χ0) is 16.1. The molecular weight excluding hydrogens is 282 g/mol. The fraction of sp³-hybridized carbons (Fsp3) is 0.667. The average Bonchev–Trinajstić information content (AvgIpc) is 2.56. The molecule has 0 fully saturated rings. The number of rotatable bonds is 7. The number of aryl methyl sites for hydroxylation is 2. The molecule has 2 heteroatoms. The minimum absolute atomic E-state index is 0.163. The van der Waals surface area contributed by atoms with Crippen LogP contribution in [0.3, 0.4) is 0 Å². The van der Waals surface area contributed by atoms with Crippen molar-refractivity contribution in [3.63, 3.8) is 0 Å². The van der Waals surface area contributed by atoms with Crippen molar-refractivity contribution in [3.05, 3.63) is 34.4 Å². The summed E-state index contributed by atoms with van der Waals surface area (Å²) in [6.45, 7) is 2.26. The van der Waals surface area contributed by atoms with Gasteiger partial charge in [-0.25, -0.2) is 0 Å². The van der Waals surface area contributed by atoms with E-state index < -0.39 is 0 Å². The van der Waals surface area contributed by atoms with Gasteiger partial charge in [-0.1, -0.05) is 51.5 Å². The molecule has 0 saturated heterocycles. The zero-order valence-corrected chi connectivity index (χ0v) is 14.6. The number of unbranched alkanes of at least 4 members (excludes halogenated alkanes) is 5. The molecule has 1 amide bonds. The van der Waals surface area contributed by atoms with Crippen molar-refractivity contribution in [1.82, 2.24) is 5.32 Å². The van der Waals surface area contributed by atoms with Gasteiger partial charge < -0.3 is 5.32 Å². The van der Waals surface area contributed by atoms with Crippen LogP contribution >= 0.6 is 0 Å². The third-order valence-electron chi connectivity index (χ3n) is 5.52. The molecule has 1 N–H and O–H groups in total. The minimum Gasteiger partial charge on any atom is -0.349 e. The molecule has 1 heterocycles. The summed E-state index contributed by atoms with van der Waals surface area (Å²) in [7, 11) is 0. The summed E-state index contributed by atoms with van der Waals surface area (Å²) in [6.07, 6.45) is 15.0. The quantitative estimate of drug-likeness (QED) is 0.707. The molecule has 1 aromatic carbocycles. The molecule has 0 radical (unpaired) electrons. The molecule has 0 spiro atoms. The van der Waals surface area contributed by atoms with Crippen molar-refractivity contribution in [2.24, 2.45) is 0 Å². The van der Waals surface area contributed by atoms with Gasteiger partial charge >= 0.3 is 0 Å². The van der Waals surface area contributed by atoms with Gasteiger partial charge in [0.15, 0.2) is 0 Å². The summed E-state index contributed by atoms with van der Waals surface area (Å²) in [6, 6.07) is 4.87. The summed E-state index contributed by atoms with van der Waals surface area (Å²) in [4.78, 5) is 12.4. The maximum Gasteiger partial charge on any atom is 0.251 e. The maximum atomic E-state index is 12.4. The monoisotopic (exact) mass is 313 g/mol. The Morgan fingerprint density at radius 1 is 0.957 bits per heavy atom. The van der Waals surface area contributed by atoms with Crippen LogP contribution in [-0.2, 0) is 19.3 Å². The molecule has 3 rings (SSSR count). The first kappa shape index (κ1) is 16.5. The lowest BCUT2D eigenvalue weighted by Crippen LogP contribution is -2.41. The van der Waals surface area contributed by atoms with E-state index in [1.54, 1.807) is 0 Å². The number of benzene rings is 1. The maximum absolute atomic E-state index is 12.4. The van der Waals surface area contributed by atoms with Crippen molar-refractivity contribution < 1.29 is 4.79 Å². The van der Waals surface area contributed by atoms with Gasteiger partial charge in [0.05, 0.1) is 0 Å². The molecule has 0 saturated carbocycles. The van der Waals surface area contributed by atoms with E-state index in [0.717, 1.165) is 24.8 Å². The third-order valence-corrected chi connectivity index (χ3v) is 5.52. The second-order valence-corrected chi connectivity index (χ2v) is 7.42. The third kappa shape index (κ3) is 4.16. The van der Waals surface area contributed by atoms with Crippen LogP contribution in [0.25, 0.3) is 0 Å². The Balaban J connectivity index is 1.56. The topological polar surface area (TPSA) is 29.1 Å². The van der Waals surface area contributed by atoms with E-state index in [9.17, 15) is 4.79 Å². The Labute approximate surface area is 141 Å². The number of nitrogens with one attached hydrogen (secondary N) is 1. The van der Waals surface area contributed by atoms with E-state index in [-0.39, 0.29) is 5.91 Å². The van der Waals surface area contributed by atoms with Crippen LogP contribution in [0.1, 0.15) is 91.8 Å². The summed E-state index contributed by atoms with van der Waals surface area (Å²) < 4.78 is 0. The number of carbonyl (C=O) groups excluding carboxylic acids is 1. The van der Waals surface area contributed by atoms with Crippen LogP contribution in [-0.4, -0.2) is 11.9 Å². The second kappa shape index (κ2) is 7.99. The molecule has 1 aliphatic heterocycles. The van der Waals surface area contributed by atoms with E-state index in [2.05, 4.69) is 24.4 Å². The standard InChI is InChI=1S/C21H31NO/c1-2-3-4-5-6-7-12-19-14-18-13-16-10-8-9-11-17(16)15-20(18)21(23)22-19/h13,15,19H,2-12,14H2,1H3,(H,22,23). The molecule has 126 valence electrons. The molecule has 1 atom stereocenters. The molecule has 23 heavy (non-hydrogen) atoms. The number of carbonyl (C=O) groups is 1. The van der Waals surface area contributed by atoms with Crippen molar-refractivity contribution in [1.29, 1.82) is 0 Å². The van der Waals surface area contributed by atoms with Gasteiger partial charge in [-0.05, 0) is 61.3 Å². The normalized spacial score (nSPS) is 19.9. The summed E-state index contributed by atoms with van der Waals surface area (Å²) in [5, 5.41) is 3.24. The van der Waals surface area contributed by atoms with E-state index >= 15 is 0 Å². The van der Waals surface area contributed by atoms with Crippen molar-refractivity contribution >= 4 is 5.91 Å². The Morgan fingerprint density at radius 3 is 2.43 bits per heavy atom. The van der Waals surface area contributed by atoms with Crippen LogP contribution in [0.4, 0.5) is 0 Å².